The lowest BCUT2D eigenvalue weighted by Crippen LogP contribution is -2.54. The van der Waals surface area contributed by atoms with Gasteiger partial charge in [-0.15, -0.1) is 0 Å². The van der Waals surface area contributed by atoms with Crippen molar-refractivity contribution in [3.63, 3.8) is 0 Å². The number of ether oxygens (including phenoxy) is 1. The molecule has 3 heterocycles. The molecule has 1 unspecified atom stereocenters. The Bertz CT molecular complexity index is 1060. The van der Waals surface area contributed by atoms with Gasteiger partial charge in [0.1, 0.15) is 11.3 Å². The van der Waals surface area contributed by atoms with E-state index in [9.17, 15) is 14.4 Å². The minimum absolute atomic E-state index is 0.0289. The van der Waals surface area contributed by atoms with Gasteiger partial charge in [-0.2, -0.15) is 0 Å². The van der Waals surface area contributed by atoms with Crippen LogP contribution in [0, 0.1) is 5.92 Å². The molecule has 2 saturated heterocycles. The van der Waals surface area contributed by atoms with Crippen LogP contribution in [0.3, 0.4) is 0 Å². The highest BCUT2D eigenvalue weighted by molar-refractivity contribution is 6.07. The van der Waals surface area contributed by atoms with E-state index in [1.54, 1.807) is 24.3 Å². The standard InChI is InChI=1S/C26H30N4O4/c1-26(20-13-16-29(17-14-20)23(31)11-8-21-5-3-4-15-27-21)24(32)30(25(33)28-26)18-12-19-6-9-22(34-2)10-7-19/h3-11,15,20H,12-14,16-18H2,1-2H3,(H,28,33)/b11-8+. The second-order valence-electron chi connectivity index (χ2n) is 8.87. The van der Waals surface area contributed by atoms with E-state index in [0.717, 1.165) is 17.0 Å². The second-order valence-corrected chi connectivity index (χ2v) is 8.87. The quantitative estimate of drug-likeness (QED) is 0.505. The fourth-order valence-electron chi connectivity index (χ4n) is 4.64. The maximum Gasteiger partial charge on any atom is 0.325 e. The summed E-state index contributed by atoms with van der Waals surface area (Å²) in [5, 5.41) is 2.94. The Hall–Kier alpha value is -3.68. The number of aromatic nitrogens is 1. The Morgan fingerprint density at radius 2 is 1.91 bits per heavy atom. The number of amides is 4. The van der Waals surface area contributed by atoms with Gasteiger partial charge in [-0.25, -0.2) is 4.79 Å². The lowest BCUT2D eigenvalue weighted by atomic mass is 9.79. The number of hydrogen-bond donors (Lipinski definition) is 1. The topological polar surface area (TPSA) is 91.8 Å². The first-order valence-corrected chi connectivity index (χ1v) is 11.6. The Morgan fingerprint density at radius 1 is 1.18 bits per heavy atom. The van der Waals surface area contributed by atoms with Gasteiger partial charge in [0.15, 0.2) is 0 Å². The maximum atomic E-state index is 13.3. The van der Waals surface area contributed by atoms with Crippen molar-refractivity contribution < 1.29 is 19.1 Å². The predicted molar refractivity (Wildman–Crippen MR) is 128 cm³/mol. The molecule has 4 amide bonds. The average Bonchev–Trinajstić information content (AvgIpc) is 3.10. The number of imide groups is 1. The molecule has 8 nitrogen and oxygen atoms in total. The van der Waals surface area contributed by atoms with E-state index >= 15 is 0 Å². The molecule has 34 heavy (non-hydrogen) atoms. The highest BCUT2D eigenvalue weighted by Gasteiger charge is 2.52. The largest absolute Gasteiger partial charge is 0.497 e. The first-order chi connectivity index (χ1) is 16.4. The summed E-state index contributed by atoms with van der Waals surface area (Å²) in [6, 6.07) is 12.8. The number of rotatable bonds is 7. The summed E-state index contributed by atoms with van der Waals surface area (Å²) in [6.07, 6.45) is 6.80. The van der Waals surface area contributed by atoms with Gasteiger partial charge in [0.25, 0.3) is 5.91 Å². The van der Waals surface area contributed by atoms with Crippen LogP contribution in [0.2, 0.25) is 0 Å². The fraction of sp³-hybridized carbons (Fsp3) is 0.385. The van der Waals surface area contributed by atoms with E-state index in [4.69, 9.17) is 4.74 Å². The first kappa shape index (κ1) is 23.5. The number of urea groups is 1. The second kappa shape index (κ2) is 10.1. The van der Waals surface area contributed by atoms with Crippen LogP contribution in [0.1, 0.15) is 31.0 Å². The summed E-state index contributed by atoms with van der Waals surface area (Å²) in [4.78, 5) is 45.8. The van der Waals surface area contributed by atoms with Crippen molar-refractivity contribution in [3.8, 4) is 5.75 Å². The Labute approximate surface area is 199 Å². The van der Waals surface area contributed by atoms with Crippen LogP contribution in [0.15, 0.2) is 54.7 Å². The molecule has 1 atom stereocenters. The van der Waals surface area contributed by atoms with Crippen molar-refractivity contribution >= 4 is 23.9 Å². The van der Waals surface area contributed by atoms with Gasteiger partial charge in [-0.1, -0.05) is 18.2 Å². The molecule has 8 heteroatoms. The third-order valence-electron chi connectivity index (χ3n) is 6.79. The van der Waals surface area contributed by atoms with Crippen LogP contribution in [-0.4, -0.2) is 64.9 Å². The molecule has 178 valence electrons. The third-order valence-corrected chi connectivity index (χ3v) is 6.79. The highest BCUT2D eigenvalue weighted by Crippen LogP contribution is 2.33. The zero-order valence-corrected chi connectivity index (χ0v) is 19.6. The van der Waals surface area contributed by atoms with Gasteiger partial charge in [-0.05, 0) is 68.0 Å². The van der Waals surface area contributed by atoms with Gasteiger partial charge in [0, 0.05) is 31.9 Å². The average molecular weight is 463 g/mol. The molecular formula is C26H30N4O4. The monoisotopic (exact) mass is 462 g/mol. The molecule has 2 aromatic rings. The van der Waals surface area contributed by atoms with Crippen molar-refractivity contribution in [1.82, 2.24) is 20.1 Å². The van der Waals surface area contributed by atoms with Gasteiger partial charge >= 0.3 is 6.03 Å². The van der Waals surface area contributed by atoms with Crippen LogP contribution < -0.4 is 10.1 Å². The maximum absolute atomic E-state index is 13.3. The summed E-state index contributed by atoms with van der Waals surface area (Å²) >= 11 is 0. The minimum atomic E-state index is -0.948. The normalized spacial score (nSPS) is 21.2. The molecule has 1 aromatic carbocycles. The van der Waals surface area contributed by atoms with Crippen LogP contribution >= 0.6 is 0 Å². The number of nitrogens with zero attached hydrogens (tertiary/aromatic N) is 3. The number of methoxy groups -OCH3 is 1. The number of hydrogen-bond acceptors (Lipinski definition) is 5. The van der Waals surface area contributed by atoms with E-state index in [0.29, 0.717) is 38.9 Å². The smallest absolute Gasteiger partial charge is 0.325 e. The van der Waals surface area contributed by atoms with Gasteiger partial charge in [-0.3, -0.25) is 19.5 Å². The van der Waals surface area contributed by atoms with Gasteiger partial charge < -0.3 is 15.0 Å². The lowest BCUT2D eigenvalue weighted by Gasteiger charge is -2.38. The molecule has 1 aromatic heterocycles. The summed E-state index contributed by atoms with van der Waals surface area (Å²) in [5.74, 6) is 0.477. The van der Waals surface area contributed by atoms with E-state index in [2.05, 4.69) is 10.3 Å². The van der Waals surface area contributed by atoms with Crippen molar-refractivity contribution in [3.05, 3.63) is 66.0 Å². The molecular weight excluding hydrogens is 432 g/mol. The third kappa shape index (κ3) is 4.95. The van der Waals surface area contributed by atoms with Crippen molar-refractivity contribution in [1.29, 1.82) is 0 Å². The SMILES string of the molecule is COc1ccc(CCN2C(=O)NC(C)(C3CCN(C(=O)/C=C/c4ccccn4)CC3)C2=O)cc1. The van der Waals surface area contributed by atoms with E-state index < -0.39 is 5.54 Å². The molecule has 0 aliphatic carbocycles. The van der Waals surface area contributed by atoms with Crippen LogP contribution in [0.25, 0.3) is 6.08 Å². The zero-order valence-electron chi connectivity index (χ0n) is 19.6. The molecule has 2 aliphatic rings. The summed E-state index contributed by atoms with van der Waals surface area (Å²) < 4.78 is 5.17. The van der Waals surface area contributed by atoms with Crippen LogP contribution in [0.5, 0.6) is 5.75 Å². The first-order valence-electron chi connectivity index (χ1n) is 11.6. The number of piperidine rings is 1. The lowest BCUT2D eigenvalue weighted by molar-refractivity contribution is -0.134. The molecule has 0 spiro atoms. The predicted octanol–water partition coefficient (Wildman–Crippen LogP) is 2.90. The van der Waals surface area contributed by atoms with Gasteiger partial charge in [0.2, 0.25) is 5.91 Å². The number of carbonyl (C=O) groups excluding carboxylic acids is 3. The fourth-order valence-corrected chi connectivity index (χ4v) is 4.64. The molecule has 0 radical (unpaired) electrons. The number of pyridine rings is 1. The number of likely N-dealkylation sites (tertiary alicyclic amines) is 1. The number of nitrogens with one attached hydrogen (secondary N) is 1. The Morgan fingerprint density at radius 3 is 2.56 bits per heavy atom. The molecule has 0 saturated carbocycles. The molecule has 2 fully saturated rings. The molecule has 0 bridgehead atoms. The van der Waals surface area contributed by atoms with E-state index in [1.807, 2.05) is 49.4 Å². The van der Waals surface area contributed by atoms with E-state index in [-0.39, 0.29) is 23.8 Å². The minimum Gasteiger partial charge on any atom is -0.497 e. The summed E-state index contributed by atoms with van der Waals surface area (Å²) in [7, 11) is 1.61. The molecule has 4 rings (SSSR count). The van der Waals surface area contributed by atoms with Crippen LogP contribution in [-0.2, 0) is 16.0 Å². The molecule has 1 N–H and O–H groups in total. The molecule has 2 aliphatic heterocycles. The van der Waals surface area contributed by atoms with Crippen molar-refractivity contribution in [2.45, 2.75) is 31.7 Å². The zero-order chi connectivity index (χ0) is 24.1. The Balaban J connectivity index is 1.32. The van der Waals surface area contributed by atoms with Crippen molar-refractivity contribution in [2.75, 3.05) is 26.7 Å². The Kier molecular flexibility index (Phi) is 6.95. The van der Waals surface area contributed by atoms with Crippen LogP contribution in [0.4, 0.5) is 4.79 Å². The van der Waals surface area contributed by atoms with Gasteiger partial charge in [0.05, 0.1) is 12.8 Å². The summed E-state index contributed by atoms with van der Waals surface area (Å²) in [5.41, 5.74) is 0.809. The van der Waals surface area contributed by atoms with E-state index in [1.165, 1.54) is 11.0 Å². The van der Waals surface area contributed by atoms with Crippen molar-refractivity contribution in [2.24, 2.45) is 5.92 Å². The number of carbonyl (C=O) groups is 3. The number of benzene rings is 1. The summed E-state index contributed by atoms with van der Waals surface area (Å²) in [6.45, 7) is 3.22. The highest BCUT2D eigenvalue weighted by atomic mass is 16.5.